The van der Waals surface area contributed by atoms with Crippen LogP contribution in [0.25, 0.3) is 0 Å². The van der Waals surface area contributed by atoms with E-state index in [-0.39, 0.29) is 0 Å². The minimum absolute atomic E-state index is 0.762. The first-order valence-corrected chi connectivity index (χ1v) is 7.93. The second-order valence-corrected chi connectivity index (χ2v) is 6.58. The van der Waals surface area contributed by atoms with Gasteiger partial charge in [-0.3, -0.25) is 0 Å². The van der Waals surface area contributed by atoms with Crippen LogP contribution in [-0.4, -0.2) is 6.04 Å². The molecule has 0 aromatic carbocycles. The van der Waals surface area contributed by atoms with Gasteiger partial charge < -0.3 is 5.32 Å². The highest BCUT2D eigenvalue weighted by Gasteiger charge is 2.38. The van der Waals surface area contributed by atoms with Crippen molar-refractivity contribution in [2.45, 2.75) is 64.3 Å². The number of hydrogen-bond donors (Lipinski definition) is 1. The summed E-state index contributed by atoms with van der Waals surface area (Å²) in [5, 5.41) is 3.57. The fraction of sp³-hybridized carbons (Fsp3) is 0.765. The van der Waals surface area contributed by atoms with Gasteiger partial charge in [-0.2, -0.15) is 0 Å². The van der Waals surface area contributed by atoms with Crippen molar-refractivity contribution in [3.63, 3.8) is 0 Å². The Bertz CT molecular complexity index is 342. The number of rotatable bonds is 0. The second-order valence-electron chi connectivity index (χ2n) is 6.58. The van der Waals surface area contributed by atoms with Crippen LogP contribution in [0.4, 0.5) is 0 Å². The molecule has 1 heterocycles. The van der Waals surface area contributed by atoms with Gasteiger partial charge in [-0.15, -0.1) is 0 Å². The van der Waals surface area contributed by atoms with Crippen LogP contribution in [0.2, 0.25) is 0 Å². The lowest BCUT2D eigenvalue weighted by Gasteiger charge is -2.40. The number of fused-ring (bicyclic) bond motifs is 3. The van der Waals surface area contributed by atoms with Gasteiger partial charge in [0.05, 0.1) is 0 Å². The highest BCUT2D eigenvalue weighted by Crippen LogP contribution is 2.43. The summed E-state index contributed by atoms with van der Waals surface area (Å²) in [5.41, 5.74) is 1.63. The second kappa shape index (κ2) is 5.50. The van der Waals surface area contributed by atoms with Gasteiger partial charge in [0.1, 0.15) is 0 Å². The third kappa shape index (κ3) is 2.50. The number of allylic oxidation sites excluding steroid dienone is 2. The van der Waals surface area contributed by atoms with E-state index in [4.69, 9.17) is 0 Å². The Labute approximate surface area is 112 Å². The van der Waals surface area contributed by atoms with Crippen molar-refractivity contribution >= 4 is 0 Å². The van der Waals surface area contributed by atoms with E-state index in [1.54, 1.807) is 5.57 Å². The largest absolute Gasteiger partial charge is 0.388 e. The van der Waals surface area contributed by atoms with Crippen LogP contribution < -0.4 is 5.32 Å². The highest BCUT2D eigenvalue weighted by atomic mass is 14.9. The van der Waals surface area contributed by atoms with Crippen LogP contribution in [0, 0.1) is 17.8 Å². The molecule has 0 spiro atoms. The minimum Gasteiger partial charge on any atom is -0.388 e. The Morgan fingerprint density at radius 3 is 3.00 bits per heavy atom. The van der Waals surface area contributed by atoms with Gasteiger partial charge in [0, 0.05) is 12.0 Å². The molecule has 3 unspecified atom stereocenters. The first kappa shape index (κ1) is 12.3. The Balaban J connectivity index is 1.74. The Kier molecular flexibility index (Phi) is 3.77. The molecule has 0 aromatic heterocycles. The molecule has 1 nitrogen and oxygen atoms in total. The normalized spacial score (nSPS) is 43.3. The summed E-state index contributed by atoms with van der Waals surface area (Å²) in [6.07, 6.45) is 18.4. The molecular weight excluding hydrogens is 218 g/mol. The average Bonchev–Trinajstić information content (AvgIpc) is 2.85. The van der Waals surface area contributed by atoms with Gasteiger partial charge in [-0.25, -0.2) is 0 Å². The quantitative estimate of drug-likeness (QED) is 0.623. The molecular formula is C17H27N. The Morgan fingerprint density at radius 1 is 1.11 bits per heavy atom. The molecule has 18 heavy (non-hydrogen) atoms. The van der Waals surface area contributed by atoms with Crippen molar-refractivity contribution in [2.24, 2.45) is 17.8 Å². The van der Waals surface area contributed by atoms with Gasteiger partial charge in [-0.05, 0) is 63.5 Å². The molecule has 1 heteroatoms. The van der Waals surface area contributed by atoms with Crippen LogP contribution in [0.5, 0.6) is 0 Å². The van der Waals surface area contributed by atoms with Crippen LogP contribution in [0.3, 0.4) is 0 Å². The first-order chi connectivity index (χ1) is 8.84. The van der Waals surface area contributed by atoms with Gasteiger partial charge in [0.2, 0.25) is 0 Å². The van der Waals surface area contributed by atoms with Crippen molar-refractivity contribution in [2.75, 3.05) is 0 Å². The van der Waals surface area contributed by atoms with Crippen LogP contribution in [0.1, 0.15) is 58.3 Å². The van der Waals surface area contributed by atoms with Gasteiger partial charge in [0.25, 0.3) is 0 Å². The molecule has 1 N–H and O–H groups in total. The zero-order valence-corrected chi connectivity index (χ0v) is 11.7. The smallest absolute Gasteiger partial charge is 0.0321 e. The zero-order chi connectivity index (χ0) is 12.4. The summed E-state index contributed by atoms with van der Waals surface area (Å²) in [5.74, 6) is 2.77. The van der Waals surface area contributed by atoms with E-state index in [0.717, 1.165) is 23.8 Å². The lowest BCUT2D eigenvalue weighted by Crippen LogP contribution is -2.40. The van der Waals surface area contributed by atoms with E-state index < -0.39 is 0 Å². The summed E-state index contributed by atoms with van der Waals surface area (Å²) in [7, 11) is 0. The molecule has 0 radical (unpaired) electrons. The van der Waals surface area contributed by atoms with Crippen molar-refractivity contribution in [1.82, 2.24) is 5.32 Å². The lowest BCUT2D eigenvalue weighted by molar-refractivity contribution is 0.139. The number of hydrogen-bond acceptors (Lipinski definition) is 1. The van der Waals surface area contributed by atoms with Crippen LogP contribution in [-0.2, 0) is 0 Å². The minimum atomic E-state index is 0.762. The van der Waals surface area contributed by atoms with Gasteiger partial charge in [-0.1, -0.05) is 30.6 Å². The van der Waals surface area contributed by atoms with Crippen LogP contribution >= 0.6 is 0 Å². The summed E-state index contributed by atoms with van der Waals surface area (Å²) in [6.45, 7) is 2.33. The predicted octanol–water partition coefficient (Wildman–Crippen LogP) is 4.41. The van der Waals surface area contributed by atoms with E-state index in [2.05, 4.69) is 30.6 Å². The van der Waals surface area contributed by atoms with E-state index in [9.17, 15) is 0 Å². The monoisotopic (exact) mass is 245 g/mol. The summed E-state index contributed by atoms with van der Waals surface area (Å²) in [4.78, 5) is 0. The molecule has 100 valence electrons. The van der Waals surface area contributed by atoms with E-state index in [1.807, 2.05) is 0 Å². The molecule has 0 bridgehead atoms. The highest BCUT2D eigenvalue weighted by molar-refractivity contribution is 5.09. The fourth-order valence-corrected chi connectivity index (χ4v) is 4.36. The molecule has 0 saturated heterocycles. The lowest BCUT2D eigenvalue weighted by atomic mass is 9.66. The van der Waals surface area contributed by atoms with Crippen molar-refractivity contribution in [3.8, 4) is 0 Å². The molecule has 3 rings (SSSR count). The maximum Gasteiger partial charge on any atom is 0.0321 e. The van der Waals surface area contributed by atoms with Crippen LogP contribution in [0.15, 0.2) is 23.9 Å². The number of nitrogens with one attached hydrogen (secondary N) is 1. The average molecular weight is 245 g/mol. The standard InChI is InChI=1S/C17H27N/c1-13-5-3-2-4-6-14-8-10-17-16(11-12-18-17)15(14)9-7-13/h5,11-12,14-18H,2-4,6-10H2,1H3/b13-5+/t14?,15-,16?,17?/m1/s1. The van der Waals surface area contributed by atoms with Crippen molar-refractivity contribution in [3.05, 3.63) is 23.9 Å². The molecule has 4 atom stereocenters. The maximum absolute atomic E-state index is 3.57. The van der Waals surface area contributed by atoms with Crippen molar-refractivity contribution < 1.29 is 0 Å². The molecule has 0 amide bonds. The topological polar surface area (TPSA) is 12.0 Å². The molecule has 2 aliphatic carbocycles. The first-order valence-electron chi connectivity index (χ1n) is 7.93. The summed E-state index contributed by atoms with van der Waals surface area (Å²) >= 11 is 0. The molecule has 1 aliphatic heterocycles. The van der Waals surface area contributed by atoms with Gasteiger partial charge in [0.15, 0.2) is 0 Å². The molecule has 1 fully saturated rings. The third-order valence-electron chi connectivity index (χ3n) is 5.44. The third-order valence-corrected chi connectivity index (χ3v) is 5.44. The van der Waals surface area contributed by atoms with Crippen molar-refractivity contribution in [1.29, 1.82) is 0 Å². The van der Waals surface area contributed by atoms with E-state index in [0.29, 0.717) is 0 Å². The summed E-state index contributed by atoms with van der Waals surface area (Å²) < 4.78 is 0. The van der Waals surface area contributed by atoms with Gasteiger partial charge >= 0.3 is 0 Å². The molecule has 1 saturated carbocycles. The van der Waals surface area contributed by atoms with E-state index >= 15 is 0 Å². The zero-order valence-electron chi connectivity index (χ0n) is 11.7. The Hall–Kier alpha value is -0.720. The molecule has 0 aromatic rings. The fourth-order valence-electron chi connectivity index (χ4n) is 4.36. The Morgan fingerprint density at radius 2 is 2.06 bits per heavy atom. The van der Waals surface area contributed by atoms with E-state index in [1.165, 1.54) is 51.4 Å². The maximum atomic E-state index is 3.57. The summed E-state index contributed by atoms with van der Waals surface area (Å²) in [6, 6.07) is 0.762. The molecule has 3 aliphatic rings. The SMILES string of the molecule is C/C1=C\CCCCC2CCC3NC=CC3[C@@H]2CC1. The predicted molar refractivity (Wildman–Crippen MR) is 77.2 cm³/mol.